The molecule has 0 heterocycles. The van der Waals surface area contributed by atoms with Crippen molar-refractivity contribution in [3.05, 3.63) is 165 Å². The number of carbonyl (C=O) groups is 1. The van der Waals surface area contributed by atoms with E-state index in [-0.39, 0.29) is 6.61 Å². The van der Waals surface area contributed by atoms with E-state index < -0.39 is 20.9 Å². The summed E-state index contributed by atoms with van der Waals surface area (Å²) in [5.74, 6) is 1.31. The topological polar surface area (TPSA) is 38.7 Å². The molecule has 0 aromatic heterocycles. The summed E-state index contributed by atoms with van der Waals surface area (Å²) in [5, 5.41) is 4.84. The standard InChI is InChI=1S/C35H32NO2P2/c1-2-38-35(37)34(27-29-17-15-16-18-29)36-40(32-23-11-5-12-24-32,33-25-13-6-14-26-33)28-39(30-19-7-3-8-20-30)31-21-9-4-10-22-31/h3-27H,2,28H2,1H3/b34-27+. The third kappa shape index (κ3) is 6.72. The van der Waals surface area contributed by atoms with Crippen molar-refractivity contribution in [2.45, 2.75) is 6.92 Å². The van der Waals surface area contributed by atoms with Gasteiger partial charge in [-0.15, -0.1) is 0 Å². The molecule has 0 aliphatic heterocycles. The van der Waals surface area contributed by atoms with Gasteiger partial charge in [0.1, 0.15) is 5.70 Å². The van der Waals surface area contributed by atoms with Gasteiger partial charge in [0.2, 0.25) is 0 Å². The molecule has 0 saturated heterocycles. The van der Waals surface area contributed by atoms with Crippen LogP contribution in [-0.4, -0.2) is 18.5 Å². The van der Waals surface area contributed by atoms with Crippen LogP contribution in [0.15, 0.2) is 138 Å². The Bertz CT molecular complexity index is 1370. The van der Waals surface area contributed by atoms with Crippen LogP contribution in [0.2, 0.25) is 0 Å². The molecule has 0 bridgehead atoms. The first kappa shape index (κ1) is 28.3. The minimum Gasteiger partial charge on any atom is -0.461 e. The smallest absolute Gasteiger partial charge is 0.356 e. The Balaban J connectivity index is 1.79. The Morgan fingerprint density at radius 1 is 0.725 bits per heavy atom. The second-order valence-electron chi connectivity index (χ2n) is 9.25. The second-order valence-corrected chi connectivity index (χ2v) is 15.0. The highest BCUT2D eigenvalue weighted by atomic mass is 31.2. The van der Waals surface area contributed by atoms with Crippen LogP contribution >= 0.6 is 15.0 Å². The van der Waals surface area contributed by atoms with Gasteiger partial charge >= 0.3 is 5.97 Å². The lowest BCUT2D eigenvalue weighted by molar-refractivity contribution is -0.138. The highest BCUT2D eigenvalue weighted by Gasteiger charge is 2.32. The first-order valence-corrected chi connectivity index (χ1v) is 16.9. The van der Waals surface area contributed by atoms with Gasteiger partial charge in [-0.2, -0.15) is 0 Å². The molecule has 3 nitrogen and oxygen atoms in total. The summed E-state index contributed by atoms with van der Waals surface area (Å²) < 4.78 is 11.1. The van der Waals surface area contributed by atoms with Gasteiger partial charge in [-0.1, -0.05) is 121 Å². The van der Waals surface area contributed by atoms with Crippen LogP contribution in [-0.2, 0) is 9.53 Å². The van der Waals surface area contributed by atoms with Crippen LogP contribution in [0.4, 0.5) is 0 Å². The summed E-state index contributed by atoms with van der Waals surface area (Å²) in [4.78, 5) is 13.5. The van der Waals surface area contributed by atoms with Crippen molar-refractivity contribution in [3.8, 4) is 0 Å². The van der Waals surface area contributed by atoms with Gasteiger partial charge < -0.3 is 4.74 Å². The molecule has 5 radical (unpaired) electrons. The number of esters is 1. The average molecular weight is 561 g/mol. The number of allylic oxidation sites excluding steroid dienone is 1. The van der Waals surface area contributed by atoms with Crippen LogP contribution in [0.1, 0.15) is 6.92 Å². The monoisotopic (exact) mass is 560 g/mol. The van der Waals surface area contributed by atoms with E-state index in [0.29, 0.717) is 5.70 Å². The van der Waals surface area contributed by atoms with E-state index in [1.54, 1.807) is 0 Å². The second kappa shape index (κ2) is 13.9. The Kier molecular flexibility index (Phi) is 9.82. The van der Waals surface area contributed by atoms with E-state index in [9.17, 15) is 4.79 Å². The van der Waals surface area contributed by atoms with E-state index in [0.717, 1.165) is 22.4 Å². The summed E-state index contributed by atoms with van der Waals surface area (Å²) in [6.45, 7) is 2.12. The van der Waals surface area contributed by atoms with Gasteiger partial charge in [0.05, 0.1) is 6.61 Å². The number of carbonyl (C=O) groups excluding carboxylic acids is 1. The SMILES string of the molecule is CCOC(=O)/C(=C\[C]1[CH][CH][CH][CH]1)N=P(CP(c1ccccc1)c1ccccc1)(c1ccccc1)c1ccccc1. The third-order valence-corrected chi connectivity index (χ3v) is 14.1. The Morgan fingerprint density at radius 3 is 1.62 bits per heavy atom. The molecule has 1 fully saturated rings. The molecule has 4 aromatic rings. The fourth-order valence-corrected chi connectivity index (χ4v) is 12.9. The van der Waals surface area contributed by atoms with E-state index in [2.05, 4.69) is 109 Å². The summed E-state index contributed by atoms with van der Waals surface area (Å²) >= 11 is 0. The van der Waals surface area contributed by atoms with Gasteiger partial charge in [-0.3, -0.25) is 4.74 Å². The van der Waals surface area contributed by atoms with E-state index in [4.69, 9.17) is 9.48 Å². The lowest BCUT2D eigenvalue weighted by Crippen LogP contribution is -2.24. The first-order valence-electron chi connectivity index (χ1n) is 13.4. The van der Waals surface area contributed by atoms with E-state index in [1.165, 1.54) is 10.6 Å². The summed E-state index contributed by atoms with van der Waals surface area (Å²) in [6, 6.07) is 42.4. The molecule has 1 saturated carbocycles. The molecule has 4 aromatic carbocycles. The lowest BCUT2D eigenvalue weighted by atomic mass is 10.1. The van der Waals surface area contributed by atoms with Crippen molar-refractivity contribution >= 4 is 42.2 Å². The maximum absolute atomic E-state index is 13.5. The minimum atomic E-state index is -2.56. The maximum Gasteiger partial charge on any atom is 0.356 e. The Hall–Kier alpha value is -3.25. The highest BCUT2D eigenvalue weighted by Crippen LogP contribution is 2.58. The molecule has 1 aliphatic carbocycles. The highest BCUT2D eigenvalue weighted by molar-refractivity contribution is 7.92. The third-order valence-electron chi connectivity index (χ3n) is 6.60. The van der Waals surface area contributed by atoms with Gasteiger partial charge in [0.15, 0.2) is 0 Å². The molecule has 5 heteroatoms. The summed E-state index contributed by atoms with van der Waals surface area (Å²) in [5.41, 5.74) is 0.352. The number of hydrogen-bond donors (Lipinski definition) is 0. The van der Waals surface area contributed by atoms with Crippen molar-refractivity contribution < 1.29 is 9.53 Å². The quantitative estimate of drug-likeness (QED) is 0.122. The van der Waals surface area contributed by atoms with Crippen LogP contribution in [0.3, 0.4) is 0 Å². The molecule has 199 valence electrons. The zero-order valence-electron chi connectivity index (χ0n) is 22.5. The normalized spacial score (nSPS) is 14.3. The van der Waals surface area contributed by atoms with Crippen molar-refractivity contribution in [2.24, 2.45) is 4.74 Å². The molecule has 5 rings (SSSR count). The largest absolute Gasteiger partial charge is 0.461 e. The van der Waals surface area contributed by atoms with Crippen molar-refractivity contribution in [1.29, 1.82) is 0 Å². The van der Waals surface area contributed by atoms with Crippen LogP contribution < -0.4 is 21.2 Å². The number of rotatable bonds is 10. The van der Waals surface area contributed by atoms with Crippen molar-refractivity contribution in [1.82, 2.24) is 0 Å². The van der Waals surface area contributed by atoms with Gasteiger partial charge in [-0.25, -0.2) is 4.79 Å². The molecule has 1 aliphatic rings. The zero-order valence-corrected chi connectivity index (χ0v) is 24.3. The predicted octanol–water partition coefficient (Wildman–Crippen LogP) is 6.78. The van der Waals surface area contributed by atoms with Crippen LogP contribution in [0.25, 0.3) is 0 Å². The molecule has 0 unspecified atom stereocenters. The molecular formula is C35H32NO2P2. The Morgan fingerprint density at radius 2 is 1.18 bits per heavy atom. The summed E-state index contributed by atoms with van der Waals surface area (Å²) in [7, 11) is -3.37. The number of ether oxygens (including phenoxy) is 1. The van der Waals surface area contributed by atoms with Crippen molar-refractivity contribution in [2.75, 3.05) is 12.5 Å². The first-order chi connectivity index (χ1) is 19.7. The van der Waals surface area contributed by atoms with Crippen LogP contribution in [0.5, 0.6) is 0 Å². The molecule has 0 spiro atoms. The van der Waals surface area contributed by atoms with Crippen LogP contribution in [0, 0.1) is 31.6 Å². The van der Waals surface area contributed by atoms with Gasteiger partial charge in [0, 0.05) is 18.9 Å². The van der Waals surface area contributed by atoms with Gasteiger partial charge in [-0.05, 0) is 67.8 Å². The molecule has 40 heavy (non-hydrogen) atoms. The molecule has 0 atom stereocenters. The number of benzene rings is 4. The fourth-order valence-electron chi connectivity index (χ4n) is 4.70. The minimum absolute atomic E-state index is 0.287. The Labute approximate surface area is 240 Å². The van der Waals surface area contributed by atoms with E-state index in [1.807, 2.05) is 50.8 Å². The average Bonchev–Trinajstić information content (AvgIpc) is 3.54. The molecular weight excluding hydrogens is 528 g/mol. The van der Waals surface area contributed by atoms with Gasteiger partial charge in [0.25, 0.3) is 0 Å². The number of nitrogens with zero attached hydrogens (tertiary/aromatic N) is 1. The predicted molar refractivity (Wildman–Crippen MR) is 171 cm³/mol. The lowest BCUT2D eigenvalue weighted by Gasteiger charge is -2.31. The maximum atomic E-state index is 13.5. The van der Waals surface area contributed by atoms with E-state index >= 15 is 0 Å². The summed E-state index contributed by atoms with van der Waals surface area (Å²) in [6.07, 6.45) is 9.78. The molecule has 0 N–H and O–H groups in total. The zero-order chi connectivity index (χ0) is 27.6. The number of hydrogen-bond acceptors (Lipinski definition) is 3. The van der Waals surface area contributed by atoms with Crippen molar-refractivity contribution in [3.63, 3.8) is 0 Å². The fraction of sp³-hybridized carbons (Fsp3) is 0.0857. The molecule has 0 amide bonds.